The van der Waals surface area contributed by atoms with Crippen molar-refractivity contribution >= 4 is 51.7 Å². The Morgan fingerprint density at radius 1 is 1.02 bits per heavy atom. The van der Waals surface area contributed by atoms with Gasteiger partial charge in [0.1, 0.15) is 17.4 Å². The van der Waals surface area contributed by atoms with Gasteiger partial charge in [0.2, 0.25) is 0 Å². The minimum absolute atomic E-state index is 0.221. The first kappa shape index (κ1) is 29.3. The van der Waals surface area contributed by atoms with Gasteiger partial charge in [-0.25, -0.2) is 4.79 Å². The van der Waals surface area contributed by atoms with E-state index in [1.807, 2.05) is 80.3 Å². The van der Waals surface area contributed by atoms with Crippen LogP contribution in [0.2, 0.25) is 10.0 Å². The molecule has 2 aliphatic rings. The summed E-state index contributed by atoms with van der Waals surface area (Å²) in [5.41, 5.74) is 3.66. The fourth-order valence-corrected chi connectivity index (χ4v) is 6.53. The largest absolute Gasteiger partial charge is 0.493 e. The van der Waals surface area contributed by atoms with E-state index in [4.69, 9.17) is 37.7 Å². The zero-order valence-electron chi connectivity index (χ0n) is 24.3. The minimum Gasteiger partial charge on any atom is -0.493 e. The molecular weight excluding hydrogens is 585 g/mol. The van der Waals surface area contributed by atoms with Crippen molar-refractivity contribution in [3.05, 3.63) is 88.0 Å². The number of rotatable bonds is 5. The van der Waals surface area contributed by atoms with Crippen LogP contribution >= 0.6 is 23.2 Å². The van der Waals surface area contributed by atoms with Gasteiger partial charge in [0.05, 0.1) is 29.4 Å². The number of anilines is 1. The van der Waals surface area contributed by atoms with Crippen LogP contribution in [0.15, 0.2) is 66.9 Å². The molecule has 0 radical (unpaired) electrons. The van der Waals surface area contributed by atoms with Crippen molar-refractivity contribution in [2.75, 3.05) is 18.1 Å². The highest BCUT2D eigenvalue weighted by molar-refractivity contribution is 6.35. The summed E-state index contributed by atoms with van der Waals surface area (Å²) in [6.07, 6.45) is 3.66. The number of amides is 1. The Hall–Kier alpha value is -3.81. The highest BCUT2D eigenvalue weighted by atomic mass is 35.5. The summed E-state index contributed by atoms with van der Waals surface area (Å²) in [6, 6.07) is 18.2. The first-order valence-electron chi connectivity index (χ1n) is 14.5. The van der Waals surface area contributed by atoms with Crippen LogP contribution in [0.1, 0.15) is 62.0 Å². The number of hydrogen-bond acceptors (Lipinski definition) is 6. The van der Waals surface area contributed by atoms with Crippen molar-refractivity contribution in [3.8, 4) is 16.9 Å². The fraction of sp³-hybridized carbons (Fsp3) is 0.324. The molecule has 9 heteroatoms. The number of hydrogen-bond donors (Lipinski definition) is 1. The Kier molecular flexibility index (Phi) is 7.96. The third-order valence-corrected chi connectivity index (χ3v) is 8.21. The number of nitrogens with one attached hydrogen (secondary N) is 1. The highest BCUT2D eigenvalue weighted by Gasteiger charge is 2.37. The molecule has 6 rings (SSSR count). The van der Waals surface area contributed by atoms with Crippen LogP contribution in [0.25, 0.3) is 22.0 Å². The van der Waals surface area contributed by atoms with Crippen molar-refractivity contribution in [3.63, 3.8) is 0 Å². The van der Waals surface area contributed by atoms with E-state index in [0.29, 0.717) is 52.8 Å². The molecule has 1 saturated heterocycles. The van der Waals surface area contributed by atoms with Crippen molar-refractivity contribution < 1.29 is 19.1 Å². The van der Waals surface area contributed by atoms with Gasteiger partial charge in [-0.2, -0.15) is 0 Å². The topological polar surface area (TPSA) is 80.8 Å². The Morgan fingerprint density at radius 3 is 2.56 bits per heavy atom. The monoisotopic (exact) mass is 617 g/mol. The van der Waals surface area contributed by atoms with E-state index in [9.17, 15) is 9.59 Å². The molecule has 4 aromatic rings. The Labute approximate surface area is 261 Å². The number of aromatic nitrogens is 1. The van der Waals surface area contributed by atoms with E-state index in [0.717, 1.165) is 34.2 Å². The third-order valence-electron chi connectivity index (χ3n) is 7.77. The van der Waals surface area contributed by atoms with E-state index in [1.165, 1.54) is 0 Å². The molecule has 0 saturated carbocycles. The molecular formula is C34H33Cl2N3O4. The number of fused-ring (bicyclic) bond motifs is 2. The first-order chi connectivity index (χ1) is 20.6. The predicted octanol–water partition coefficient (Wildman–Crippen LogP) is 7.77. The SMILES string of the molecule is CC(C)(C)OC(=O)[C@@H]1CCCN1c1c(C(=O)N[C@H]2CCOc3ccccc32)cnc2c(-c3cc(Cl)cc(Cl)c3)cccc12. The summed E-state index contributed by atoms with van der Waals surface area (Å²) in [6.45, 7) is 6.68. The van der Waals surface area contributed by atoms with Crippen LogP contribution in [0.4, 0.5) is 5.69 Å². The van der Waals surface area contributed by atoms with Crippen LogP contribution in [0.3, 0.4) is 0 Å². The maximum Gasteiger partial charge on any atom is 0.329 e. The van der Waals surface area contributed by atoms with Gasteiger partial charge in [-0.3, -0.25) is 9.78 Å². The maximum absolute atomic E-state index is 14.1. The maximum atomic E-state index is 14.1. The lowest BCUT2D eigenvalue weighted by molar-refractivity contribution is -0.156. The molecule has 2 atom stereocenters. The van der Waals surface area contributed by atoms with Gasteiger partial charge < -0.3 is 19.7 Å². The molecule has 0 spiro atoms. The number of benzene rings is 3. The van der Waals surface area contributed by atoms with E-state index in [2.05, 4.69) is 5.32 Å². The molecule has 0 aliphatic carbocycles. The van der Waals surface area contributed by atoms with Gasteiger partial charge in [-0.1, -0.05) is 59.6 Å². The molecule has 1 fully saturated rings. The van der Waals surface area contributed by atoms with Crippen molar-refractivity contribution in [2.45, 2.75) is 57.7 Å². The Balaban J connectivity index is 1.48. The van der Waals surface area contributed by atoms with Crippen LogP contribution in [0.5, 0.6) is 5.75 Å². The second-order valence-corrected chi connectivity index (χ2v) is 12.8. The summed E-state index contributed by atoms with van der Waals surface area (Å²) >= 11 is 12.7. The van der Waals surface area contributed by atoms with E-state index < -0.39 is 11.6 Å². The van der Waals surface area contributed by atoms with Gasteiger partial charge in [-0.15, -0.1) is 0 Å². The number of carbonyl (C=O) groups excluding carboxylic acids is 2. The van der Waals surface area contributed by atoms with Gasteiger partial charge in [0.15, 0.2) is 0 Å². The summed E-state index contributed by atoms with van der Waals surface area (Å²) in [7, 11) is 0. The molecule has 1 aromatic heterocycles. The lowest BCUT2D eigenvalue weighted by atomic mass is 9.97. The van der Waals surface area contributed by atoms with Crippen molar-refractivity contribution in [2.24, 2.45) is 0 Å². The fourth-order valence-electron chi connectivity index (χ4n) is 6.00. The lowest BCUT2D eigenvalue weighted by Gasteiger charge is -2.31. The zero-order valence-corrected chi connectivity index (χ0v) is 25.8. The first-order valence-corrected chi connectivity index (χ1v) is 15.2. The minimum atomic E-state index is -0.638. The number of carbonyl (C=O) groups is 2. The molecule has 1 N–H and O–H groups in total. The van der Waals surface area contributed by atoms with Crippen molar-refractivity contribution in [1.82, 2.24) is 10.3 Å². The van der Waals surface area contributed by atoms with Crippen molar-refractivity contribution in [1.29, 1.82) is 0 Å². The highest BCUT2D eigenvalue weighted by Crippen LogP contribution is 2.40. The number of nitrogens with zero attached hydrogens (tertiary/aromatic N) is 2. The Morgan fingerprint density at radius 2 is 1.79 bits per heavy atom. The van der Waals surface area contributed by atoms with Gasteiger partial charge in [-0.05, 0) is 63.4 Å². The molecule has 222 valence electrons. The second-order valence-electron chi connectivity index (χ2n) is 12.0. The average Bonchev–Trinajstić information content (AvgIpc) is 3.45. The van der Waals surface area contributed by atoms with E-state index in [-0.39, 0.29) is 17.9 Å². The van der Waals surface area contributed by atoms with Crippen LogP contribution in [-0.2, 0) is 9.53 Å². The number of halogens is 2. The van der Waals surface area contributed by atoms with Gasteiger partial charge in [0.25, 0.3) is 5.91 Å². The smallest absolute Gasteiger partial charge is 0.329 e. The molecule has 3 aromatic carbocycles. The third kappa shape index (κ3) is 6.01. The number of para-hydroxylation sites is 2. The summed E-state index contributed by atoms with van der Waals surface area (Å²) in [5.74, 6) is 0.194. The van der Waals surface area contributed by atoms with Gasteiger partial charge in [0, 0.05) is 45.7 Å². The number of ether oxygens (including phenoxy) is 2. The normalized spacial score (nSPS) is 18.2. The van der Waals surface area contributed by atoms with E-state index in [1.54, 1.807) is 12.3 Å². The van der Waals surface area contributed by atoms with Crippen LogP contribution in [0, 0.1) is 0 Å². The second kappa shape index (κ2) is 11.7. The predicted molar refractivity (Wildman–Crippen MR) is 170 cm³/mol. The number of pyridine rings is 1. The molecule has 0 bridgehead atoms. The van der Waals surface area contributed by atoms with Crippen LogP contribution in [-0.4, -0.2) is 41.7 Å². The quantitative estimate of drug-likeness (QED) is 0.230. The number of esters is 1. The molecule has 3 heterocycles. The zero-order chi connectivity index (χ0) is 30.3. The Bertz CT molecular complexity index is 1700. The molecule has 1 amide bonds. The lowest BCUT2D eigenvalue weighted by Crippen LogP contribution is -2.42. The summed E-state index contributed by atoms with van der Waals surface area (Å²) in [4.78, 5) is 34.4. The summed E-state index contributed by atoms with van der Waals surface area (Å²) in [5, 5.41) is 5.00. The molecule has 0 unspecified atom stereocenters. The van der Waals surface area contributed by atoms with E-state index >= 15 is 0 Å². The van der Waals surface area contributed by atoms with Gasteiger partial charge >= 0.3 is 5.97 Å². The summed E-state index contributed by atoms with van der Waals surface area (Å²) < 4.78 is 11.6. The average molecular weight is 619 g/mol. The molecule has 7 nitrogen and oxygen atoms in total. The van der Waals surface area contributed by atoms with Crippen LogP contribution < -0.4 is 15.0 Å². The molecule has 2 aliphatic heterocycles. The standard InChI is InChI=1S/C34H33Cl2N3O4/c1-34(2,3)43-33(41)28-11-7-14-39(28)31-25-10-6-9-23(20-16-21(35)18-22(36)17-20)30(25)37-19-26(31)32(40)38-27-13-15-42-29-12-5-4-8-24(27)29/h4-6,8-10,12,16-19,27-28H,7,11,13-15H2,1-3H3,(H,38,40)/t27-,28-/m0/s1. The molecule has 43 heavy (non-hydrogen) atoms.